The molecule has 1 N–H and O–H groups in total. The lowest BCUT2D eigenvalue weighted by atomic mass is 10.2. The van der Waals surface area contributed by atoms with Gasteiger partial charge in [-0.3, -0.25) is 4.84 Å². The molecule has 0 aliphatic carbocycles. The van der Waals surface area contributed by atoms with Crippen LogP contribution in [0.2, 0.25) is 0 Å². The van der Waals surface area contributed by atoms with Crippen molar-refractivity contribution in [3.8, 4) is 0 Å². The Labute approximate surface area is 101 Å². The second kappa shape index (κ2) is 5.21. The SMILES string of the molecule is Cc1ccc(S(=O)(=O)NOCC(F)(F)F)cc1F. The molecule has 102 valence electrons. The Morgan fingerprint density at radius 3 is 2.44 bits per heavy atom. The minimum atomic E-state index is -4.67. The third-order valence-corrected chi connectivity index (χ3v) is 3.07. The van der Waals surface area contributed by atoms with Crippen molar-refractivity contribution < 1.29 is 30.8 Å². The number of alkyl halides is 3. The van der Waals surface area contributed by atoms with Gasteiger partial charge in [0.25, 0.3) is 10.0 Å². The van der Waals surface area contributed by atoms with Gasteiger partial charge in [-0.2, -0.15) is 13.2 Å². The molecule has 0 aromatic heterocycles. The summed E-state index contributed by atoms with van der Waals surface area (Å²) >= 11 is 0. The van der Waals surface area contributed by atoms with Crippen LogP contribution in [-0.4, -0.2) is 21.2 Å². The van der Waals surface area contributed by atoms with Crippen LogP contribution in [-0.2, 0) is 14.9 Å². The van der Waals surface area contributed by atoms with E-state index in [0.717, 1.165) is 6.07 Å². The van der Waals surface area contributed by atoms with Crippen LogP contribution in [0.25, 0.3) is 0 Å². The molecule has 1 aromatic rings. The minimum absolute atomic E-state index is 0.213. The average molecular weight is 287 g/mol. The van der Waals surface area contributed by atoms with Gasteiger partial charge in [-0.15, -0.1) is 0 Å². The minimum Gasteiger partial charge on any atom is -0.277 e. The van der Waals surface area contributed by atoms with Crippen LogP contribution in [0.4, 0.5) is 17.6 Å². The van der Waals surface area contributed by atoms with Crippen LogP contribution < -0.4 is 4.89 Å². The van der Waals surface area contributed by atoms with E-state index in [-0.39, 0.29) is 5.56 Å². The Morgan fingerprint density at radius 1 is 1.33 bits per heavy atom. The van der Waals surface area contributed by atoms with E-state index in [1.165, 1.54) is 17.9 Å². The lowest BCUT2D eigenvalue weighted by molar-refractivity contribution is -0.181. The van der Waals surface area contributed by atoms with Gasteiger partial charge in [0.1, 0.15) is 5.82 Å². The predicted octanol–water partition coefficient (Wildman–Crippen LogP) is 1.91. The molecule has 0 saturated heterocycles. The van der Waals surface area contributed by atoms with Gasteiger partial charge in [-0.25, -0.2) is 12.8 Å². The Balaban J connectivity index is 2.77. The lowest BCUT2D eigenvalue weighted by Crippen LogP contribution is -2.29. The van der Waals surface area contributed by atoms with Gasteiger partial charge in [0.15, 0.2) is 6.61 Å². The first kappa shape index (κ1) is 14.9. The Bertz CT molecular complexity index is 527. The quantitative estimate of drug-likeness (QED) is 0.680. The summed E-state index contributed by atoms with van der Waals surface area (Å²) in [5.41, 5.74) is 0.213. The van der Waals surface area contributed by atoms with E-state index in [9.17, 15) is 26.0 Å². The summed E-state index contributed by atoms with van der Waals surface area (Å²) in [6, 6.07) is 2.93. The number of hydrogen-bond donors (Lipinski definition) is 1. The number of rotatable bonds is 4. The summed E-state index contributed by atoms with van der Waals surface area (Å²) in [4.78, 5) is 4.55. The highest BCUT2D eigenvalue weighted by atomic mass is 32.2. The van der Waals surface area contributed by atoms with E-state index in [1.54, 1.807) is 0 Å². The van der Waals surface area contributed by atoms with Crippen LogP contribution in [0, 0.1) is 12.7 Å². The summed E-state index contributed by atoms with van der Waals surface area (Å²) in [5.74, 6) is -0.784. The zero-order chi connectivity index (χ0) is 14.0. The number of aryl methyl sites for hydroxylation is 1. The molecule has 4 nitrogen and oxygen atoms in total. The zero-order valence-corrected chi connectivity index (χ0v) is 9.90. The third kappa shape index (κ3) is 4.24. The van der Waals surface area contributed by atoms with Crippen molar-refractivity contribution >= 4 is 10.0 Å². The zero-order valence-electron chi connectivity index (χ0n) is 9.08. The number of hydrogen-bond acceptors (Lipinski definition) is 3. The first-order chi connectivity index (χ1) is 8.12. The summed E-state index contributed by atoms with van der Waals surface area (Å²) in [5, 5.41) is 0. The molecule has 0 aliphatic heterocycles. The molecule has 0 saturated carbocycles. The Morgan fingerprint density at radius 2 is 1.94 bits per heavy atom. The van der Waals surface area contributed by atoms with Gasteiger partial charge in [0.2, 0.25) is 0 Å². The van der Waals surface area contributed by atoms with Crippen LogP contribution >= 0.6 is 0 Å². The number of sulfonamides is 1. The average Bonchev–Trinajstić information content (AvgIpc) is 2.19. The molecule has 0 aliphatic rings. The third-order valence-electron chi connectivity index (χ3n) is 1.86. The molecule has 0 spiro atoms. The maximum atomic E-state index is 13.1. The summed E-state index contributed by atoms with van der Waals surface area (Å²) in [7, 11) is -4.33. The second-order valence-corrected chi connectivity index (χ2v) is 5.05. The molecule has 9 heteroatoms. The molecule has 0 heterocycles. The smallest absolute Gasteiger partial charge is 0.277 e. The molecule has 0 amide bonds. The van der Waals surface area contributed by atoms with Crippen molar-refractivity contribution in [1.29, 1.82) is 0 Å². The van der Waals surface area contributed by atoms with E-state index in [2.05, 4.69) is 4.84 Å². The lowest BCUT2D eigenvalue weighted by Gasteiger charge is -2.09. The van der Waals surface area contributed by atoms with E-state index in [4.69, 9.17) is 0 Å². The summed E-state index contributed by atoms with van der Waals surface area (Å²) in [6.07, 6.45) is -4.67. The van der Waals surface area contributed by atoms with Gasteiger partial charge in [0.05, 0.1) is 4.90 Å². The molecule has 1 aromatic carbocycles. The van der Waals surface area contributed by atoms with Gasteiger partial charge in [0, 0.05) is 0 Å². The van der Waals surface area contributed by atoms with Crippen LogP contribution in [0.1, 0.15) is 5.56 Å². The van der Waals surface area contributed by atoms with Crippen molar-refractivity contribution in [3.05, 3.63) is 29.6 Å². The van der Waals surface area contributed by atoms with Gasteiger partial charge >= 0.3 is 6.18 Å². The maximum absolute atomic E-state index is 13.1. The van der Waals surface area contributed by atoms with Crippen molar-refractivity contribution in [2.24, 2.45) is 0 Å². The molecule has 0 fully saturated rings. The van der Waals surface area contributed by atoms with Gasteiger partial charge in [-0.1, -0.05) is 11.0 Å². The molecule has 18 heavy (non-hydrogen) atoms. The Kier molecular flexibility index (Phi) is 4.30. The molecular formula is C9H9F4NO3S. The monoisotopic (exact) mass is 287 g/mol. The number of nitrogens with one attached hydrogen (secondary N) is 1. The van der Waals surface area contributed by atoms with Crippen molar-refractivity contribution in [2.75, 3.05) is 6.61 Å². The van der Waals surface area contributed by atoms with Crippen molar-refractivity contribution in [3.63, 3.8) is 0 Å². The van der Waals surface area contributed by atoms with Crippen LogP contribution in [0.5, 0.6) is 0 Å². The molecular weight excluding hydrogens is 278 g/mol. The molecule has 1 rings (SSSR count). The van der Waals surface area contributed by atoms with E-state index < -0.39 is 33.5 Å². The van der Waals surface area contributed by atoms with Crippen molar-refractivity contribution in [1.82, 2.24) is 4.89 Å². The van der Waals surface area contributed by atoms with E-state index >= 15 is 0 Å². The second-order valence-electron chi connectivity index (χ2n) is 3.40. The summed E-state index contributed by atoms with van der Waals surface area (Å²) < 4.78 is 71.1. The highest BCUT2D eigenvalue weighted by molar-refractivity contribution is 7.89. The highest BCUT2D eigenvalue weighted by Crippen LogP contribution is 2.16. The first-order valence-electron chi connectivity index (χ1n) is 4.58. The van der Waals surface area contributed by atoms with E-state index in [0.29, 0.717) is 6.07 Å². The molecule has 0 unspecified atom stereocenters. The normalized spacial score (nSPS) is 12.7. The predicted molar refractivity (Wildman–Crippen MR) is 53.5 cm³/mol. The van der Waals surface area contributed by atoms with Crippen LogP contribution in [0.3, 0.4) is 0 Å². The largest absolute Gasteiger partial charge is 0.413 e. The number of halogens is 4. The first-order valence-corrected chi connectivity index (χ1v) is 6.07. The topological polar surface area (TPSA) is 55.4 Å². The molecule has 0 radical (unpaired) electrons. The molecule has 0 bridgehead atoms. The van der Waals surface area contributed by atoms with E-state index in [1.807, 2.05) is 0 Å². The Hall–Kier alpha value is -1.19. The van der Waals surface area contributed by atoms with Crippen molar-refractivity contribution in [2.45, 2.75) is 18.0 Å². The fourth-order valence-corrected chi connectivity index (χ4v) is 1.79. The fourth-order valence-electron chi connectivity index (χ4n) is 0.978. The fraction of sp³-hybridized carbons (Fsp3) is 0.333. The maximum Gasteiger partial charge on any atom is 0.413 e. The summed E-state index contributed by atoms with van der Waals surface area (Å²) in [6.45, 7) is -0.361. The van der Waals surface area contributed by atoms with Crippen LogP contribution in [0.15, 0.2) is 23.1 Å². The molecule has 0 atom stereocenters. The van der Waals surface area contributed by atoms with Gasteiger partial charge < -0.3 is 0 Å². The van der Waals surface area contributed by atoms with Gasteiger partial charge in [-0.05, 0) is 24.6 Å². The standard InChI is InChI=1S/C9H9F4NO3S/c1-6-2-3-7(4-8(6)10)18(15,16)14-17-5-9(11,12)13/h2-4,14H,5H2,1H3. The highest BCUT2D eigenvalue weighted by Gasteiger charge is 2.29. The number of benzene rings is 1.